The molecule has 164 valence electrons. The van der Waals surface area contributed by atoms with Crippen molar-refractivity contribution in [1.29, 1.82) is 0 Å². The first-order chi connectivity index (χ1) is 15.5. The van der Waals surface area contributed by atoms with E-state index >= 15 is 0 Å². The summed E-state index contributed by atoms with van der Waals surface area (Å²) < 4.78 is 10.7. The van der Waals surface area contributed by atoms with Gasteiger partial charge < -0.3 is 24.4 Å². The number of hydrogen-bond acceptors (Lipinski definition) is 4. The van der Waals surface area contributed by atoms with Crippen molar-refractivity contribution in [2.45, 2.75) is 20.4 Å². The van der Waals surface area contributed by atoms with Crippen LogP contribution in [-0.2, 0) is 11.3 Å². The summed E-state index contributed by atoms with van der Waals surface area (Å²) >= 11 is 0. The van der Waals surface area contributed by atoms with E-state index in [1.54, 1.807) is 49.8 Å². The Morgan fingerprint density at radius 1 is 1.09 bits per heavy atom. The Kier molecular flexibility index (Phi) is 5.98. The van der Waals surface area contributed by atoms with E-state index in [1.165, 1.54) is 4.90 Å². The second-order valence-corrected chi connectivity index (χ2v) is 7.62. The van der Waals surface area contributed by atoms with Crippen molar-refractivity contribution in [2.24, 2.45) is 0 Å². The number of nitrogens with zero attached hydrogens (tertiary/aromatic N) is 1. The zero-order chi connectivity index (χ0) is 22.7. The summed E-state index contributed by atoms with van der Waals surface area (Å²) in [6, 6.07) is 16.2. The second-order valence-electron chi connectivity index (χ2n) is 7.62. The lowest BCUT2D eigenvalue weighted by Crippen LogP contribution is -2.37. The third kappa shape index (κ3) is 4.37. The molecule has 0 bridgehead atoms. The number of nitrogens with one attached hydrogen (secondary N) is 2. The van der Waals surface area contributed by atoms with Crippen molar-refractivity contribution < 1.29 is 18.7 Å². The van der Waals surface area contributed by atoms with Gasteiger partial charge in [-0.1, -0.05) is 12.1 Å². The lowest BCUT2D eigenvalue weighted by Gasteiger charge is -2.22. The fourth-order valence-corrected chi connectivity index (χ4v) is 3.68. The summed E-state index contributed by atoms with van der Waals surface area (Å²) in [6.07, 6.45) is 1.55. The number of amides is 2. The van der Waals surface area contributed by atoms with Gasteiger partial charge in [-0.05, 0) is 61.9 Å². The van der Waals surface area contributed by atoms with Crippen LogP contribution in [0.5, 0.6) is 5.75 Å². The second kappa shape index (κ2) is 9.01. The summed E-state index contributed by atoms with van der Waals surface area (Å²) in [5.74, 6) is 0.563. The SMILES string of the molecule is COc1ccccc1NC(=O)CN(Cc1ccco1)C(=O)c1ccc2[nH]c(C)c(C)c2c1. The lowest BCUT2D eigenvalue weighted by molar-refractivity contribution is -0.117. The van der Waals surface area contributed by atoms with E-state index < -0.39 is 0 Å². The highest BCUT2D eigenvalue weighted by Gasteiger charge is 2.22. The Bertz CT molecular complexity index is 1260. The Labute approximate surface area is 186 Å². The molecule has 7 heteroatoms. The molecule has 4 aromatic rings. The highest BCUT2D eigenvalue weighted by atomic mass is 16.5. The first-order valence-electron chi connectivity index (χ1n) is 10.3. The predicted molar refractivity (Wildman–Crippen MR) is 123 cm³/mol. The van der Waals surface area contributed by atoms with Gasteiger partial charge in [0.05, 0.1) is 25.6 Å². The van der Waals surface area contributed by atoms with Gasteiger partial charge >= 0.3 is 0 Å². The lowest BCUT2D eigenvalue weighted by atomic mass is 10.1. The molecular weight excluding hydrogens is 406 g/mol. The van der Waals surface area contributed by atoms with E-state index in [9.17, 15) is 9.59 Å². The smallest absolute Gasteiger partial charge is 0.254 e. The van der Waals surface area contributed by atoms with Gasteiger partial charge in [0.2, 0.25) is 5.91 Å². The van der Waals surface area contributed by atoms with E-state index in [1.807, 2.05) is 32.0 Å². The van der Waals surface area contributed by atoms with Crippen LogP contribution in [-0.4, -0.2) is 35.4 Å². The molecule has 0 aliphatic rings. The topological polar surface area (TPSA) is 87.6 Å². The number of H-pyrrole nitrogens is 1. The largest absolute Gasteiger partial charge is 0.495 e. The van der Waals surface area contributed by atoms with Crippen LogP contribution in [0.25, 0.3) is 10.9 Å². The normalized spacial score (nSPS) is 10.8. The van der Waals surface area contributed by atoms with E-state index in [4.69, 9.17) is 9.15 Å². The number of furan rings is 1. The molecule has 4 rings (SSSR count). The molecule has 0 unspecified atom stereocenters. The van der Waals surface area contributed by atoms with Gasteiger partial charge in [0.1, 0.15) is 18.1 Å². The van der Waals surface area contributed by atoms with Crippen molar-refractivity contribution >= 4 is 28.4 Å². The van der Waals surface area contributed by atoms with Crippen LogP contribution in [0, 0.1) is 13.8 Å². The fourth-order valence-electron chi connectivity index (χ4n) is 3.68. The van der Waals surface area contributed by atoms with Crippen LogP contribution >= 0.6 is 0 Å². The molecule has 7 nitrogen and oxygen atoms in total. The monoisotopic (exact) mass is 431 g/mol. The Morgan fingerprint density at radius 2 is 1.91 bits per heavy atom. The van der Waals surface area contributed by atoms with Crippen LogP contribution in [0.1, 0.15) is 27.4 Å². The summed E-state index contributed by atoms with van der Waals surface area (Å²) in [5, 5.41) is 3.82. The number of carbonyl (C=O) groups excluding carboxylic acids is 2. The molecule has 0 fully saturated rings. The number of para-hydroxylation sites is 2. The highest BCUT2D eigenvalue weighted by molar-refractivity contribution is 6.02. The summed E-state index contributed by atoms with van der Waals surface area (Å²) in [5.41, 5.74) is 4.19. The maximum absolute atomic E-state index is 13.4. The van der Waals surface area contributed by atoms with Crippen LogP contribution < -0.4 is 10.1 Å². The maximum atomic E-state index is 13.4. The van der Waals surface area contributed by atoms with Crippen LogP contribution in [0.15, 0.2) is 65.3 Å². The van der Waals surface area contributed by atoms with Crippen LogP contribution in [0.2, 0.25) is 0 Å². The summed E-state index contributed by atoms with van der Waals surface area (Å²) in [7, 11) is 1.54. The number of ether oxygens (including phenoxy) is 1. The minimum atomic E-state index is -0.329. The number of methoxy groups -OCH3 is 1. The molecule has 2 N–H and O–H groups in total. The number of fused-ring (bicyclic) bond motifs is 1. The molecular formula is C25H25N3O4. The van der Waals surface area contributed by atoms with Gasteiger partial charge in [-0.25, -0.2) is 0 Å². The van der Waals surface area contributed by atoms with Gasteiger partial charge in [-0.3, -0.25) is 9.59 Å². The molecule has 2 aromatic heterocycles. The van der Waals surface area contributed by atoms with Crippen molar-refractivity contribution in [3.8, 4) is 5.75 Å². The van der Waals surface area contributed by atoms with Gasteiger partial charge in [0.15, 0.2) is 0 Å². The van der Waals surface area contributed by atoms with Gasteiger partial charge in [-0.15, -0.1) is 0 Å². The highest BCUT2D eigenvalue weighted by Crippen LogP contribution is 2.25. The minimum Gasteiger partial charge on any atom is -0.495 e. The molecule has 0 aliphatic heterocycles. The van der Waals surface area contributed by atoms with Crippen molar-refractivity contribution in [2.75, 3.05) is 19.0 Å². The molecule has 0 radical (unpaired) electrons. The van der Waals surface area contributed by atoms with Gasteiger partial charge in [0, 0.05) is 22.2 Å². The Morgan fingerprint density at radius 3 is 2.66 bits per heavy atom. The van der Waals surface area contributed by atoms with E-state index in [0.717, 1.165) is 22.2 Å². The number of aryl methyl sites for hydroxylation is 2. The van der Waals surface area contributed by atoms with Crippen molar-refractivity contribution in [3.05, 3.63) is 83.4 Å². The number of aromatic nitrogens is 1. The van der Waals surface area contributed by atoms with Gasteiger partial charge in [-0.2, -0.15) is 0 Å². The Hall–Kier alpha value is -4.00. The van der Waals surface area contributed by atoms with Crippen molar-refractivity contribution in [3.63, 3.8) is 0 Å². The number of anilines is 1. The van der Waals surface area contributed by atoms with Crippen LogP contribution in [0.4, 0.5) is 5.69 Å². The zero-order valence-corrected chi connectivity index (χ0v) is 18.3. The van der Waals surface area contributed by atoms with E-state index in [0.29, 0.717) is 22.8 Å². The summed E-state index contributed by atoms with van der Waals surface area (Å²) in [6.45, 7) is 4.06. The molecule has 0 spiro atoms. The third-order valence-electron chi connectivity index (χ3n) is 5.48. The zero-order valence-electron chi connectivity index (χ0n) is 18.3. The average molecular weight is 431 g/mol. The number of aromatic amines is 1. The van der Waals surface area contributed by atoms with Crippen LogP contribution in [0.3, 0.4) is 0 Å². The molecule has 2 heterocycles. The number of hydrogen-bond donors (Lipinski definition) is 2. The third-order valence-corrected chi connectivity index (χ3v) is 5.48. The van der Waals surface area contributed by atoms with E-state index in [2.05, 4.69) is 10.3 Å². The number of rotatable bonds is 7. The van der Waals surface area contributed by atoms with Crippen molar-refractivity contribution in [1.82, 2.24) is 9.88 Å². The van der Waals surface area contributed by atoms with Gasteiger partial charge in [0.25, 0.3) is 5.91 Å². The van der Waals surface area contributed by atoms with E-state index in [-0.39, 0.29) is 24.9 Å². The molecule has 0 aliphatic carbocycles. The number of benzene rings is 2. The molecule has 2 amide bonds. The fraction of sp³-hybridized carbons (Fsp3) is 0.200. The maximum Gasteiger partial charge on any atom is 0.254 e. The average Bonchev–Trinajstić information content (AvgIpc) is 3.40. The molecule has 2 aromatic carbocycles. The summed E-state index contributed by atoms with van der Waals surface area (Å²) in [4.78, 5) is 31.0. The minimum absolute atomic E-state index is 0.138. The molecule has 32 heavy (non-hydrogen) atoms. The predicted octanol–water partition coefficient (Wildman–Crippen LogP) is 4.67. The first-order valence-corrected chi connectivity index (χ1v) is 10.3. The first kappa shape index (κ1) is 21.2. The Balaban J connectivity index is 1.59. The quantitative estimate of drug-likeness (QED) is 0.445. The molecule has 0 atom stereocenters. The molecule has 0 saturated heterocycles. The number of carbonyl (C=O) groups is 2. The standard InChI is InChI=1S/C25H25N3O4/c1-16-17(2)26-21-11-10-18(13-20(16)21)25(30)28(14-19-7-6-12-32-19)15-24(29)27-22-8-4-5-9-23(22)31-3/h4-13,26H,14-15H2,1-3H3,(H,27,29). The molecule has 0 saturated carbocycles.